The Morgan fingerprint density at radius 2 is 1.81 bits per heavy atom. The molecular weight excluding hydrogens is 224 g/mol. The van der Waals surface area contributed by atoms with Gasteiger partial charge in [0.1, 0.15) is 0 Å². The van der Waals surface area contributed by atoms with Crippen molar-refractivity contribution in [3.63, 3.8) is 0 Å². The number of sulfonamides is 1. The molecule has 0 bridgehead atoms. The lowest BCUT2D eigenvalue weighted by Gasteiger charge is -2.28. The highest BCUT2D eigenvalue weighted by Crippen LogP contribution is 2.18. The molecule has 2 rings (SSSR count). The molecule has 0 amide bonds. The molecule has 1 unspecified atom stereocenters. The molecule has 0 radical (unpaired) electrons. The molecule has 0 aromatic carbocycles. The van der Waals surface area contributed by atoms with Crippen LogP contribution in [-0.2, 0) is 10.0 Å². The van der Waals surface area contributed by atoms with Gasteiger partial charge in [-0.1, -0.05) is 19.3 Å². The molecular formula is C11H22N2O2S. The first-order valence-electron chi connectivity index (χ1n) is 6.39. The highest BCUT2D eigenvalue weighted by Gasteiger charge is 2.23. The van der Waals surface area contributed by atoms with Gasteiger partial charge in [-0.05, 0) is 32.2 Å². The summed E-state index contributed by atoms with van der Waals surface area (Å²) < 4.78 is 26.5. The zero-order chi connectivity index (χ0) is 11.4. The van der Waals surface area contributed by atoms with Gasteiger partial charge in [0, 0.05) is 12.1 Å². The smallest absolute Gasteiger partial charge is 0.211 e. The predicted octanol–water partition coefficient (Wildman–Crippen LogP) is 0.990. The first kappa shape index (κ1) is 12.3. The van der Waals surface area contributed by atoms with Gasteiger partial charge >= 0.3 is 0 Å². The molecule has 1 saturated carbocycles. The van der Waals surface area contributed by atoms with Gasteiger partial charge in [0.15, 0.2) is 0 Å². The second kappa shape index (κ2) is 5.47. The maximum Gasteiger partial charge on any atom is 0.211 e. The van der Waals surface area contributed by atoms with E-state index in [0.717, 1.165) is 45.1 Å². The SMILES string of the molecule is O=S(=O)(CCC1CCN1)NC1CCCCC1. The Balaban J connectivity index is 1.72. The molecule has 0 aromatic rings. The standard InChI is InChI=1S/C11H22N2O2S/c14-16(15,9-7-10-6-8-12-10)13-11-4-2-1-3-5-11/h10-13H,1-9H2. The molecule has 1 aliphatic heterocycles. The summed E-state index contributed by atoms with van der Waals surface area (Å²) in [5.41, 5.74) is 0. The summed E-state index contributed by atoms with van der Waals surface area (Å²) in [7, 11) is -3.04. The van der Waals surface area contributed by atoms with Crippen molar-refractivity contribution in [2.24, 2.45) is 0 Å². The molecule has 1 saturated heterocycles. The first-order chi connectivity index (χ1) is 7.66. The third kappa shape index (κ3) is 3.71. The Bertz CT molecular complexity index is 306. The van der Waals surface area contributed by atoms with Crippen LogP contribution in [0.4, 0.5) is 0 Å². The third-order valence-corrected chi connectivity index (χ3v) is 5.08. The minimum absolute atomic E-state index is 0.202. The summed E-state index contributed by atoms with van der Waals surface area (Å²) >= 11 is 0. The van der Waals surface area contributed by atoms with E-state index < -0.39 is 10.0 Å². The molecule has 16 heavy (non-hydrogen) atoms. The first-order valence-corrected chi connectivity index (χ1v) is 8.04. The third-order valence-electron chi connectivity index (χ3n) is 3.61. The molecule has 94 valence electrons. The molecule has 2 N–H and O–H groups in total. The average molecular weight is 246 g/mol. The highest BCUT2D eigenvalue weighted by atomic mass is 32.2. The molecule has 5 heteroatoms. The van der Waals surface area contributed by atoms with Crippen molar-refractivity contribution in [1.82, 2.24) is 10.0 Å². The van der Waals surface area contributed by atoms with E-state index in [0.29, 0.717) is 6.04 Å². The van der Waals surface area contributed by atoms with Crippen LogP contribution in [0.5, 0.6) is 0 Å². The average Bonchev–Trinajstić information content (AvgIpc) is 2.15. The normalized spacial score (nSPS) is 27.6. The van der Waals surface area contributed by atoms with Gasteiger partial charge in [-0.15, -0.1) is 0 Å². The molecule has 4 nitrogen and oxygen atoms in total. The second-order valence-electron chi connectivity index (χ2n) is 5.00. The topological polar surface area (TPSA) is 58.2 Å². The zero-order valence-corrected chi connectivity index (χ0v) is 10.6. The monoisotopic (exact) mass is 246 g/mol. The van der Waals surface area contributed by atoms with Crippen molar-refractivity contribution in [1.29, 1.82) is 0 Å². The van der Waals surface area contributed by atoms with Crippen molar-refractivity contribution in [2.45, 2.75) is 57.0 Å². The summed E-state index contributed by atoms with van der Waals surface area (Å²) in [5, 5.41) is 3.23. The fraction of sp³-hybridized carbons (Fsp3) is 1.00. The zero-order valence-electron chi connectivity index (χ0n) is 9.74. The fourth-order valence-electron chi connectivity index (χ4n) is 2.43. The van der Waals surface area contributed by atoms with Gasteiger partial charge in [-0.25, -0.2) is 13.1 Å². The quantitative estimate of drug-likeness (QED) is 0.760. The summed E-state index contributed by atoms with van der Waals surface area (Å²) in [6.07, 6.45) is 7.49. The minimum atomic E-state index is -3.04. The lowest BCUT2D eigenvalue weighted by Crippen LogP contribution is -2.45. The molecule has 0 aromatic heterocycles. The number of rotatable bonds is 5. The fourth-order valence-corrected chi connectivity index (χ4v) is 3.88. The second-order valence-corrected chi connectivity index (χ2v) is 6.87. The van der Waals surface area contributed by atoms with Crippen molar-refractivity contribution < 1.29 is 8.42 Å². The molecule has 1 aliphatic carbocycles. The van der Waals surface area contributed by atoms with E-state index in [-0.39, 0.29) is 11.8 Å². The van der Waals surface area contributed by atoms with Crippen LogP contribution >= 0.6 is 0 Å². The lowest BCUT2D eigenvalue weighted by atomic mass is 9.96. The number of hydrogen-bond acceptors (Lipinski definition) is 3. The molecule has 1 atom stereocenters. The number of hydrogen-bond donors (Lipinski definition) is 2. The van der Waals surface area contributed by atoms with Crippen LogP contribution in [0.25, 0.3) is 0 Å². The maximum absolute atomic E-state index is 11.8. The largest absolute Gasteiger partial charge is 0.314 e. The van der Waals surface area contributed by atoms with Gasteiger partial charge in [-0.2, -0.15) is 0 Å². The summed E-state index contributed by atoms with van der Waals surface area (Å²) in [4.78, 5) is 0. The number of nitrogens with one attached hydrogen (secondary N) is 2. The van der Waals surface area contributed by atoms with Crippen LogP contribution < -0.4 is 10.0 Å². The summed E-state index contributed by atoms with van der Waals surface area (Å²) in [6.45, 7) is 1.04. The Hall–Kier alpha value is -0.130. The van der Waals surface area contributed by atoms with E-state index in [9.17, 15) is 8.42 Å². The van der Waals surface area contributed by atoms with E-state index in [2.05, 4.69) is 10.0 Å². The highest BCUT2D eigenvalue weighted by molar-refractivity contribution is 7.89. The van der Waals surface area contributed by atoms with E-state index in [1.807, 2.05) is 0 Å². The van der Waals surface area contributed by atoms with Crippen LogP contribution in [-0.4, -0.2) is 32.8 Å². The van der Waals surface area contributed by atoms with E-state index in [1.165, 1.54) is 6.42 Å². The van der Waals surface area contributed by atoms with E-state index in [4.69, 9.17) is 0 Å². The van der Waals surface area contributed by atoms with Gasteiger partial charge in [0.05, 0.1) is 5.75 Å². The minimum Gasteiger partial charge on any atom is -0.314 e. The van der Waals surface area contributed by atoms with Crippen molar-refractivity contribution >= 4 is 10.0 Å². The molecule has 2 fully saturated rings. The Morgan fingerprint density at radius 3 is 2.38 bits per heavy atom. The predicted molar refractivity (Wildman–Crippen MR) is 64.8 cm³/mol. The molecule has 0 spiro atoms. The van der Waals surface area contributed by atoms with Crippen LogP contribution in [0.2, 0.25) is 0 Å². The van der Waals surface area contributed by atoms with E-state index >= 15 is 0 Å². The molecule has 1 heterocycles. The van der Waals surface area contributed by atoms with Crippen LogP contribution in [0.1, 0.15) is 44.9 Å². The van der Waals surface area contributed by atoms with Gasteiger partial charge in [0.25, 0.3) is 0 Å². The van der Waals surface area contributed by atoms with Crippen LogP contribution in [0.15, 0.2) is 0 Å². The maximum atomic E-state index is 11.8. The van der Waals surface area contributed by atoms with E-state index in [1.54, 1.807) is 0 Å². The Kier molecular flexibility index (Phi) is 4.21. The van der Waals surface area contributed by atoms with Gasteiger partial charge in [0.2, 0.25) is 10.0 Å². The van der Waals surface area contributed by atoms with Crippen molar-refractivity contribution in [3.05, 3.63) is 0 Å². The van der Waals surface area contributed by atoms with Crippen molar-refractivity contribution in [2.75, 3.05) is 12.3 Å². The molecule has 2 aliphatic rings. The van der Waals surface area contributed by atoms with Crippen LogP contribution in [0, 0.1) is 0 Å². The lowest BCUT2D eigenvalue weighted by molar-refractivity contribution is 0.360. The van der Waals surface area contributed by atoms with Gasteiger partial charge < -0.3 is 5.32 Å². The Morgan fingerprint density at radius 1 is 1.12 bits per heavy atom. The summed E-state index contributed by atoms with van der Waals surface area (Å²) in [6, 6.07) is 0.635. The van der Waals surface area contributed by atoms with Crippen LogP contribution in [0.3, 0.4) is 0 Å². The van der Waals surface area contributed by atoms with Gasteiger partial charge in [-0.3, -0.25) is 0 Å². The Labute approximate surface area is 98.2 Å². The summed E-state index contributed by atoms with van der Waals surface area (Å²) in [5.74, 6) is 0.279. The van der Waals surface area contributed by atoms with Crippen molar-refractivity contribution in [3.8, 4) is 0 Å².